The molecule has 10 heteroatoms. The fourth-order valence-electron chi connectivity index (χ4n) is 1.80. The Morgan fingerprint density at radius 1 is 1.48 bits per heavy atom. The van der Waals surface area contributed by atoms with Gasteiger partial charge in [-0.3, -0.25) is 0 Å². The van der Waals surface area contributed by atoms with Gasteiger partial charge in [-0.25, -0.2) is 27.6 Å². The van der Waals surface area contributed by atoms with Crippen LogP contribution in [0.15, 0.2) is 45.7 Å². The van der Waals surface area contributed by atoms with Crippen LogP contribution in [0.3, 0.4) is 0 Å². The van der Waals surface area contributed by atoms with Crippen LogP contribution in [0, 0.1) is 5.82 Å². The van der Waals surface area contributed by atoms with Gasteiger partial charge in [0.25, 0.3) is 0 Å². The number of aromatic nitrogens is 3. The first-order valence-electron chi connectivity index (χ1n) is 6.27. The van der Waals surface area contributed by atoms with Crippen LogP contribution in [-0.2, 0) is 6.54 Å². The number of nitrogens with zero attached hydrogens (tertiary/aromatic N) is 3. The molecule has 0 aliphatic carbocycles. The first kappa shape index (κ1) is 16.9. The SMILES string of the molecule is O=C(O)NC/C(=C\F)Cn1ncn(-c2ccc(Br)cc2F)c1=O. The van der Waals surface area contributed by atoms with E-state index in [-0.39, 0.29) is 30.7 Å². The summed E-state index contributed by atoms with van der Waals surface area (Å²) in [6.45, 7) is -0.557. The number of carbonyl (C=O) groups is 1. The van der Waals surface area contributed by atoms with E-state index in [1.807, 2.05) is 5.32 Å². The maximum atomic E-state index is 13.9. The monoisotopic (exact) mass is 388 g/mol. The molecule has 0 unspecified atom stereocenters. The first-order valence-corrected chi connectivity index (χ1v) is 7.06. The number of carboxylic acid groups (broad SMARTS) is 1. The van der Waals surface area contributed by atoms with Gasteiger partial charge in [-0.05, 0) is 23.8 Å². The van der Waals surface area contributed by atoms with Crippen molar-refractivity contribution in [2.45, 2.75) is 6.54 Å². The van der Waals surface area contributed by atoms with E-state index in [2.05, 4.69) is 21.0 Å². The molecule has 0 radical (unpaired) electrons. The molecule has 2 aromatic rings. The largest absolute Gasteiger partial charge is 0.465 e. The molecule has 0 atom stereocenters. The van der Waals surface area contributed by atoms with Crippen molar-refractivity contribution in [2.24, 2.45) is 0 Å². The van der Waals surface area contributed by atoms with E-state index in [1.165, 1.54) is 12.1 Å². The Labute approximate surface area is 137 Å². The maximum absolute atomic E-state index is 13.9. The Hall–Kier alpha value is -2.49. The lowest BCUT2D eigenvalue weighted by molar-refractivity contribution is 0.195. The van der Waals surface area contributed by atoms with Gasteiger partial charge < -0.3 is 10.4 Å². The van der Waals surface area contributed by atoms with Crippen molar-refractivity contribution in [1.29, 1.82) is 0 Å². The number of benzene rings is 1. The highest BCUT2D eigenvalue weighted by Crippen LogP contribution is 2.17. The quantitative estimate of drug-likeness (QED) is 0.820. The number of hydrogen-bond donors (Lipinski definition) is 2. The molecule has 0 bridgehead atoms. The Kier molecular flexibility index (Phi) is 5.27. The zero-order valence-electron chi connectivity index (χ0n) is 11.5. The van der Waals surface area contributed by atoms with Crippen molar-refractivity contribution < 1.29 is 18.7 Å². The molecule has 0 saturated heterocycles. The molecule has 1 amide bonds. The lowest BCUT2D eigenvalue weighted by Crippen LogP contribution is -2.29. The summed E-state index contributed by atoms with van der Waals surface area (Å²) < 4.78 is 29.0. The Morgan fingerprint density at radius 2 is 2.22 bits per heavy atom. The first-order chi connectivity index (χ1) is 10.9. The molecule has 1 heterocycles. The predicted molar refractivity (Wildman–Crippen MR) is 80.7 cm³/mol. The number of amides is 1. The molecule has 122 valence electrons. The third kappa shape index (κ3) is 4.03. The highest BCUT2D eigenvalue weighted by atomic mass is 79.9. The molecule has 2 N–H and O–H groups in total. The van der Waals surface area contributed by atoms with Gasteiger partial charge in [0.05, 0.1) is 18.6 Å². The number of rotatable bonds is 5. The van der Waals surface area contributed by atoms with Crippen LogP contribution in [0.25, 0.3) is 5.69 Å². The van der Waals surface area contributed by atoms with E-state index in [1.54, 1.807) is 6.07 Å². The van der Waals surface area contributed by atoms with Crippen LogP contribution in [0.1, 0.15) is 0 Å². The molecule has 1 aromatic carbocycles. The van der Waals surface area contributed by atoms with Gasteiger partial charge in [0.1, 0.15) is 12.1 Å². The smallest absolute Gasteiger partial charge is 0.404 e. The summed E-state index contributed by atoms with van der Waals surface area (Å²) in [5.41, 5.74) is -0.684. The van der Waals surface area contributed by atoms with Crippen molar-refractivity contribution >= 4 is 22.0 Å². The van der Waals surface area contributed by atoms with E-state index in [0.717, 1.165) is 15.6 Å². The van der Waals surface area contributed by atoms with E-state index < -0.39 is 17.6 Å². The minimum Gasteiger partial charge on any atom is -0.465 e. The number of hydrogen-bond acceptors (Lipinski definition) is 3. The van der Waals surface area contributed by atoms with Gasteiger partial charge in [0, 0.05) is 11.0 Å². The molecule has 2 rings (SSSR count). The van der Waals surface area contributed by atoms with Gasteiger partial charge in [0.15, 0.2) is 0 Å². The fraction of sp³-hybridized carbons (Fsp3) is 0.154. The third-order valence-electron chi connectivity index (χ3n) is 2.88. The fourth-order valence-corrected chi connectivity index (χ4v) is 2.13. The predicted octanol–water partition coefficient (Wildman–Crippen LogP) is 2.06. The molecule has 0 aliphatic rings. The second kappa shape index (κ2) is 7.18. The summed E-state index contributed by atoms with van der Waals surface area (Å²) in [5, 5.41) is 14.2. The Bertz CT molecular complexity index is 816. The van der Waals surface area contributed by atoms with E-state index in [4.69, 9.17) is 5.11 Å². The van der Waals surface area contributed by atoms with Crippen LogP contribution < -0.4 is 11.0 Å². The zero-order chi connectivity index (χ0) is 17.0. The van der Waals surface area contributed by atoms with Crippen molar-refractivity contribution in [3.8, 4) is 5.69 Å². The highest BCUT2D eigenvalue weighted by Gasteiger charge is 2.12. The average Bonchev–Trinajstić information content (AvgIpc) is 2.84. The topological polar surface area (TPSA) is 89.2 Å². The standard InChI is InChI=1S/C13H11BrF2N4O3/c14-9-1-2-11(10(16)3-9)19-7-18-20(13(19)23)6-8(4-15)5-17-12(21)22/h1-4,7,17H,5-6H2,(H,21,22)/b8-4+. The van der Waals surface area contributed by atoms with Gasteiger partial charge in [0.2, 0.25) is 0 Å². The molecular formula is C13H11BrF2N4O3. The third-order valence-corrected chi connectivity index (χ3v) is 3.37. The molecule has 1 aromatic heterocycles. The zero-order valence-corrected chi connectivity index (χ0v) is 13.1. The van der Waals surface area contributed by atoms with Crippen molar-refractivity contribution in [3.63, 3.8) is 0 Å². The lowest BCUT2D eigenvalue weighted by Gasteiger charge is -2.05. The highest BCUT2D eigenvalue weighted by molar-refractivity contribution is 9.10. The summed E-state index contributed by atoms with van der Waals surface area (Å²) in [4.78, 5) is 22.6. The summed E-state index contributed by atoms with van der Waals surface area (Å²) in [7, 11) is 0. The van der Waals surface area contributed by atoms with Gasteiger partial charge >= 0.3 is 11.8 Å². The van der Waals surface area contributed by atoms with Gasteiger partial charge in [-0.15, -0.1) is 0 Å². The van der Waals surface area contributed by atoms with Crippen molar-refractivity contribution in [1.82, 2.24) is 19.7 Å². The second-order valence-electron chi connectivity index (χ2n) is 4.46. The molecule has 0 spiro atoms. The maximum Gasteiger partial charge on any atom is 0.404 e. The van der Waals surface area contributed by atoms with Crippen molar-refractivity contribution in [2.75, 3.05) is 6.54 Å². The van der Waals surface area contributed by atoms with Gasteiger partial charge in [-0.2, -0.15) is 5.10 Å². The molecular weight excluding hydrogens is 378 g/mol. The van der Waals surface area contributed by atoms with Crippen LogP contribution >= 0.6 is 15.9 Å². The minimum absolute atomic E-state index is 0.00103. The molecule has 23 heavy (non-hydrogen) atoms. The summed E-state index contributed by atoms with van der Waals surface area (Å²) in [6, 6.07) is 4.15. The molecule has 0 aliphatic heterocycles. The van der Waals surface area contributed by atoms with E-state index in [9.17, 15) is 18.4 Å². The average molecular weight is 389 g/mol. The van der Waals surface area contributed by atoms with Crippen molar-refractivity contribution in [3.05, 3.63) is 57.2 Å². The summed E-state index contributed by atoms with van der Waals surface area (Å²) in [5.74, 6) is -0.630. The number of nitrogens with one attached hydrogen (secondary N) is 1. The molecule has 7 nitrogen and oxygen atoms in total. The molecule has 0 saturated carbocycles. The van der Waals surface area contributed by atoms with Crippen LogP contribution in [-0.4, -0.2) is 32.1 Å². The summed E-state index contributed by atoms with van der Waals surface area (Å²) >= 11 is 3.11. The summed E-state index contributed by atoms with van der Waals surface area (Å²) in [6.07, 6.45) is -0.0179. The van der Waals surface area contributed by atoms with E-state index in [0.29, 0.717) is 4.47 Å². The van der Waals surface area contributed by atoms with Crippen LogP contribution in [0.5, 0.6) is 0 Å². The van der Waals surface area contributed by atoms with Crippen LogP contribution in [0.4, 0.5) is 13.6 Å². The second-order valence-corrected chi connectivity index (χ2v) is 5.38. The Morgan fingerprint density at radius 3 is 2.83 bits per heavy atom. The normalized spacial score (nSPS) is 11.5. The minimum atomic E-state index is -1.32. The van der Waals surface area contributed by atoms with Crippen LogP contribution in [0.2, 0.25) is 0 Å². The molecule has 0 fully saturated rings. The number of halogens is 3. The lowest BCUT2D eigenvalue weighted by atomic mass is 10.3. The van der Waals surface area contributed by atoms with E-state index >= 15 is 0 Å². The Balaban J connectivity index is 2.25. The van der Waals surface area contributed by atoms with Gasteiger partial charge in [-0.1, -0.05) is 15.9 Å².